The molecule has 0 saturated heterocycles. The van der Waals surface area contributed by atoms with Crippen molar-refractivity contribution in [1.82, 2.24) is 4.90 Å². The number of benzene rings is 2. The van der Waals surface area contributed by atoms with Crippen LogP contribution in [0.5, 0.6) is 0 Å². The number of nitrogens with zero attached hydrogens (tertiary/aromatic N) is 3. The summed E-state index contributed by atoms with van der Waals surface area (Å²) in [5.74, 6) is -0.284. The number of rotatable bonds is 4. The van der Waals surface area contributed by atoms with Crippen molar-refractivity contribution in [2.45, 2.75) is 51.3 Å². The van der Waals surface area contributed by atoms with Crippen molar-refractivity contribution >= 4 is 18.3 Å². The van der Waals surface area contributed by atoms with Crippen LogP contribution in [0.2, 0.25) is 0 Å². The van der Waals surface area contributed by atoms with Crippen molar-refractivity contribution in [3.63, 3.8) is 0 Å². The Hall–Kier alpha value is -2.86. The zero-order valence-corrected chi connectivity index (χ0v) is 17.1. The summed E-state index contributed by atoms with van der Waals surface area (Å²) in [5, 5.41) is 14.4. The maximum Gasteiger partial charge on any atom is 0.254 e. The van der Waals surface area contributed by atoms with Gasteiger partial charge < -0.3 is 10.0 Å². The van der Waals surface area contributed by atoms with Crippen molar-refractivity contribution in [3.8, 4) is 0 Å². The highest BCUT2D eigenvalue weighted by molar-refractivity contribution is 6.03. The SMILES string of the molecule is C=[N+]1CC(c2ccc(Cc3cc4c(cc3C)CN(C3CCCC3O)C4=O)c(F)c2)=N1. The molecule has 2 aromatic carbocycles. The molecule has 2 unspecified atom stereocenters. The Morgan fingerprint density at radius 1 is 1.27 bits per heavy atom. The minimum Gasteiger partial charge on any atom is -0.391 e. The monoisotopic (exact) mass is 406 g/mol. The molecule has 0 radical (unpaired) electrons. The Labute approximate surface area is 175 Å². The number of amides is 1. The number of hydrogen-bond donors (Lipinski definition) is 1. The lowest BCUT2D eigenvalue weighted by molar-refractivity contribution is -0.533. The number of halogens is 1. The van der Waals surface area contributed by atoms with Crippen LogP contribution in [0.25, 0.3) is 0 Å². The fourth-order valence-corrected chi connectivity index (χ4v) is 4.85. The van der Waals surface area contributed by atoms with Crippen LogP contribution in [0.15, 0.2) is 35.4 Å². The van der Waals surface area contributed by atoms with Gasteiger partial charge in [0.05, 0.1) is 12.1 Å². The van der Waals surface area contributed by atoms with Gasteiger partial charge in [-0.3, -0.25) is 4.79 Å². The molecule has 0 aromatic heterocycles. The largest absolute Gasteiger partial charge is 0.391 e. The Morgan fingerprint density at radius 2 is 2.07 bits per heavy atom. The third-order valence-corrected chi connectivity index (χ3v) is 6.60. The number of carbonyl (C=O) groups excluding carboxylic acids is 1. The zero-order chi connectivity index (χ0) is 21.0. The van der Waals surface area contributed by atoms with Gasteiger partial charge in [-0.1, -0.05) is 22.9 Å². The van der Waals surface area contributed by atoms with E-state index in [4.69, 9.17) is 0 Å². The molecule has 1 amide bonds. The van der Waals surface area contributed by atoms with Crippen LogP contribution in [0.3, 0.4) is 0 Å². The second-order valence-corrected chi connectivity index (χ2v) is 8.63. The highest BCUT2D eigenvalue weighted by Gasteiger charge is 2.38. The van der Waals surface area contributed by atoms with Gasteiger partial charge in [0, 0.05) is 29.2 Å². The maximum absolute atomic E-state index is 14.8. The van der Waals surface area contributed by atoms with Crippen molar-refractivity contribution < 1.29 is 19.0 Å². The van der Waals surface area contributed by atoms with Crippen LogP contribution in [-0.2, 0) is 13.0 Å². The summed E-state index contributed by atoms with van der Waals surface area (Å²) < 4.78 is 16.3. The van der Waals surface area contributed by atoms with Crippen molar-refractivity contribution in [1.29, 1.82) is 0 Å². The van der Waals surface area contributed by atoms with Crippen LogP contribution >= 0.6 is 0 Å². The molecule has 154 valence electrons. The lowest BCUT2D eigenvalue weighted by atomic mass is 9.94. The van der Waals surface area contributed by atoms with E-state index < -0.39 is 6.10 Å². The molecule has 5 rings (SSSR count). The van der Waals surface area contributed by atoms with Gasteiger partial charge in [-0.25, -0.2) is 4.39 Å². The zero-order valence-electron chi connectivity index (χ0n) is 17.1. The first kappa shape index (κ1) is 19.1. The molecule has 2 heterocycles. The van der Waals surface area contributed by atoms with Crippen LogP contribution in [0.1, 0.15) is 57.4 Å². The first-order valence-electron chi connectivity index (χ1n) is 10.5. The van der Waals surface area contributed by atoms with E-state index >= 15 is 0 Å². The minimum atomic E-state index is -0.438. The molecule has 2 atom stereocenters. The molecule has 1 N–H and O–H groups in total. The van der Waals surface area contributed by atoms with Gasteiger partial charge in [-0.2, -0.15) is 0 Å². The molecule has 1 fully saturated rings. The van der Waals surface area contributed by atoms with Crippen molar-refractivity contribution in [2.24, 2.45) is 5.10 Å². The normalized spacial score (nSPS) is 22.9. The van der Waals surface area contributed by atoms with E-state index in [-0.39, 0.29) is 17.8 Å². The first-order chi connectivity index (χ1) is 14.4. The van der Waals surface area contributed by atoms with E-state index in [2.05, 4.69) is 11.8 Å². The van der Waals surface area contributed by atoms with Crippen molar-refractivity contribution in [2.75, 3.05) is 6.54 Å². The van der Waals surface area contributed by atoms with E-state index in [9.17, 15) is 14.3 Å². The highest BCUT2D eigenvalue weighted by atomic mass is 19.1. The van der Waals surface area contributed by atoms with Gasteiger partial charge in [0.25, 0.3) is 5.91 Å². The second kappa shape index (κ2) is 7.13. The molecule has 2 aromatic rings. The van der Waals surface area contributed by atoms with Gasteiger partial charge in [0.1, 0.15) is 5.82 Å². The maximum atomic E-state index is 14.8. The molecule has 2 aliphatic heterocycles. The summed E-state index contributed by atoms with van der Waals surface area (Å²) in [7, 11) is 0. The first-order valence-corrected chi connectivity index (χ1v) is 10.5. The Morgan fingerprint density at radius 3 is 2.73 bits per heavy atom. The smallest absolute Gasteiger partial charge is 0.254 e. The third kappa shape index (κ3) is 3.16. The van der Waals surface area contributed by atoms with Gasteiger partial charge in [0.2, 0.25) is 6.54 Å². The fourth-order valence-electron chi connectivity index (χ4n) is 4.85. The van der Waals surface area contributed by atoms with Crippen LogP contribution in [0, 0.1) is 12.7 Å². The number of carbonyl (C=O) groups is 1. The lowest BCUT2D eigenvalue weighted by Crippen LogP contribution is -2.40. The van der Waals surface area contributed by atoms with Crippen LogP contribution in [-0.4, -0.2) is 51.7 Å². The average Bonchev–Trinajstić information content (AvgIpc) is 3.24. The van der Waals surface area contributed by atoms with Crippen molar-refractivity contribution in [3.05, 3.63) is 69.5 Å². The molecule has 6 heteroatoms. The van der Waals surface area contributed by atoms with E-state index in [1.165, 1.54) is 6.07 Å². The molecular weight excluding hydrogens is 381 g/mol. The summed E-state index contributed by atoms with van der Waals surface area (Å²) in [6.07, 6.45) is 2.54. The van der Waals surface area contributed by atoms with Gasteiger partial charge in [-0.05, 0) is 60.6 Å². The van der Waals surface area contributed by atoms with Gasteiger partial charge >= 0.3 is 0 Å². The Kier molecular flexibility index (Phi) is 4.54. The predicted octanol–water partition coefficient (Wildman–Crippen LogP) is 3.02. The highest BCUT2D eigenvalue weighted by Crippen LogP contribution is 2.34. The van der Waals surface area contributed by atoms with Crippen LogP contribution < -0.4 is 0 Å². The van der Waals surface area contributed by atoms with E-state index in [0.717, 1.165) is 47.2 Å². The lowest BCUT2D eigenvalue weighted by Gasteiger charge is -2.26. The Bertz CT molecular complexity index is 1110. The summed E-state index contributed by atoms with van der Waals surface area (Å²) in [5.41, 5.74) is 5.90. The summed E-state index contributed by atoms with van der Waals surface area (Å²) >= 11 is 0. The van der Waals surface area contributed by atoms with E-state index in [1.54, 1.807) is 10.8 Å². The molecular formula is C24H25FN3O2+. The summed E-state index contributed by atoms with van der Waals surface area (Å²) in [4.78, 5) is 14.8. The number of aliphatic hydroxyl groups excluding tert-OH is 1. The molecule has 1 aliphatic carbocycles. The molecule has 5 nitrogen and oxygen atoms in total. The summed E-state index contributed by atoms with van der Waals surface area (Å²) in [6.45, 7) is 6.88. The molecule has 0 spiro atoms. The predicted molar refractivity (Wildman–Crippen MR) is 113 cm³/mol. The number of aliphatic hydroxyl groups is 1. The topological polar surface area (TPSA) is 55.9 Å². The number of fused-ring (bicyclic) bond motifs is 1. The minimum absolute atomic E-state index is 0.0197. The Balaban J connectivity index is 1.40. The molecule has 3 aliphatic rings. The van der Waals surface area contributed by atoms with Gasteiger partial charge in [-0.15, -0.1) is 0 Å². The van der Waals surface area contributed by atoms with E-state index in [1.807, 2.05) is 30.0 Å². The average molecular weight is 406 g/mol. The second-order valence-electron chi connectivity index (χ2n) is 8.63. The molecule has 0 bridgehead atoms. The van der Waals surface area contributed by atoms with Gasteiger partial charge in [0.15, 0.2) is 12.4 Å². The summed E-state index contributed by atoms with van der Waals surface area (Å²) in [6, 6.07) is 9.08. The fraction of sp³-hybridized carbons (Fsp3) is 0.375. The number of hydrogen-bond acceptors (Lipinski definition) is 3. The van der Waals surface area contributed by atoms with Crippen LogP contribution in [0.4, 0.5) is 4.39 Å². The van der Waals surface area contributed by atoms with E-state index in [0.29, 0.717) is 30.6 Å². The number of hydrazone groups is 1. The standard InChI is InChI=1S/C24H25FN3O2/c1-14-8-18-12-28(22-4-3-5-23(22)29)24(30)19(18)10-17(14)9-15-6-7-16(11-20(15)25)21-13-27(2)26-21/h6-8,10-11,22-23,29H,2-5,9,12-13H2,1H3/q+1. The molecule has 30 heavy (non-hydrogen) atoms. The quantitative estimate of drug-likeness (QED) is 0.794. The third-order valence-electron chi connectivity index (χ3n) is 6.60. The number of aryl methyl sites for hydroxylation is 1. The molecule has 1 saturated carbocycles.